The fraction of sp³-hybridized carbons (Fsp3) is 0.0769. The maximum absolute atomic E-state index is 13.0. The summed E-state index contributed by atoms with van der Waals surface area (Å²) in [5, 5.41) is 10.6. The molecule has 0 radical (unpaired) electrons. The topological polar surface area (TPSA) is 82.2 Å². The zero-order chi connectivity index (χ0) is 15.6. The molecule has 0 aliphatic carbocycles. The van der Waals surface area contributed by atoms with E-state index in [1.807, 2.05) is 0 Å². The van der Waals surface area contributed by atoms with Crippen LogP contribution in [-0.4, -0.2) is 15.3 Å². The maximum atomic E-state index is 13.0. The molecule has 108 valence electrons. The molecule has 0 N–H and O–H groups in total. The molecule has 0 amide bonds. The van der Waals surface area contributed by atoms with Crippen molar-refractivity contribution in [3.8, 4) is 0 Å². The number of carbonyl (C=O) groups excluding carboxylic acids is 1. The SMILES string of the molecule is O=C(Cn1cc([N+](=O)[O-])ccc1=O)c1ccc(F)c(F)c1. The quantitative estimate of drug-likeness (QED) is 0.490. The van der Waals surface area contributed by atoms with Crippen LogP contribution in [0.2, 0.25) is 0 Å². The predicted molar refractivity (Wildman–Crippen MR) is 68.0 cm³/mol. The van der Waals surface area contributed by atoms with E-state index in [1.165, 1.54) is 0 Å². The molecule has 6 nitrogen and oxygen atoms in total. The lowest BCUT2D eigenvalue weighted by Gasteiger charge is -2.05. The molecule has 21 heavy (non-hydrogen) atoms. The average Bonchev–Trinajstić information content (AvgIpc) is 2.43. The van der Waals surface area contributed by atoms with Gasteiger partial charge < -0.3 is 4.57 Å². The third kappa shape index (κ3) is 3.16. The number of pyridine rings is 1. The Hall–Kier alpha value is -2.90. The maximum Gasteiger partial charge on any atom is 0.285 e. The standard InChI is InChI=1S/C13H8F2N2O4/c14-10-3-1-8(5-11(10)15)12(18)7-16-6-9(17(20)21)2-4-13(16)19/h1-6H,7H2. The molecular weight excluding hydrogens is 286 g/mol. The molecule has 8 heteroatoms. The normalized spacial score (nSPS) is 10.4. The molecule has 0 bridgehead atoms. The number of rotatable bonds is 4. The van der Waals surface area contributed by atoms with Gasteiger partial charge in [-0.05, 0) is 18.2 Å². The van der Waals surface area contributed by atoms with Gasteiger partial charge in [-0.2, -0.15) is 0 Å². The molecule has 0 atom stereocenters. The largest absolute Gasteiger partial charge is 0.301 e. The Kier molecular flexibility index (Phi) is 3.88. The van der Waals surface area contributed by atoms with Gasteiger partial charge in [-0.25, -0.2) is 8.78 Å². The highest BCUT2D eigenvalue weighted by molar-refractivity contribution is 5.95. The van der Waals surface area contributed by atoms with Crippen molar-refractivity contribution in [1.82, 2.24) is 4.57 Å². The van der Waals surface area contributed by atoms with E-state index in [4.69, 9.17) is 0 Å². The first-order valence-electron chi connectivity index (χ1n) is 5.71. The van der Waals surface area contributed by atoms with Crippen molar-refractivity contribution in [3.05, 3.63) is 74.2 Å². The number of hydrogen-bond donors (Lipinski definition) is 0. The number of nitro groups is 1. The lowest BCUT2D eigenvalue weighted by atomic mass is 10.1. The van der Waals surface area contributed by atoms with Crippen molar-refractivity contribution < 1.29 is 18.5 Å². The number of carbonyl (C=O) groups is 1. The molecule has 0 fully saturated rings. The zero-order valence-electron chi connectivity index (χ0n) is 10.5. The molecule has 0 aliphatic rings. The summed E-state index contributed by atoms with van der Waals surface area (Å²) >= 11 is 0. The first-order valence-corrected chi connectivity index (χ1v) is 5.71. The van der Waals surface area contributed by atoms with Crippen LogP contribution in [0, 0.1) is 21.7 Å². The van der Waals surface area contributed by atoms with Crippen LogP contribution in [0.15, 0.2) is 41.3 Å². The number of nitrogens with zero attached hydrogens (tertiary/aromatic N) is 2. The van der Waals surface area contributed by atoms with Gasteiger partial charge in [-0.3, -0.25) is 19.7 Å². The van der Waals surface area contributed by atoms with Gasteiger partial charge in [0.15, 0.2) is 17.4 Å². The fourth-order valence-corrected chi connectivity index (χ4v) is 1.67. The summed E-state index contributed by atoms with van der Waals surface area (Å²) in [5.41, 5.74) is -1.10. The molecule has 1 heterocycles. The number of halogens is 2. The van der Waals surface area contributed by atoms with Crippen LogP contribution in [-0.2, 0) is 6.54 Å². The summed E-state index contributed by atoms with van der Waals surface area (Å²) < 4.78 is 26.7. The van der Waals surface area contributed by atoms with Crippen LogP contribution < -0.4 is 5.56 Å². The first kappa shape index (κ1) is 14.5. The minimum atomic E-state index is -1.19. The van der Waals surface area contributed by atoms with Crippen molar-refractivity contribution in [2.45, 2.75) is 6.54 Å². The third-order valence-electron chi connectivity index (χ3n) is 2.73. The number of Topliss-reactive ketones (excluding diaryl/α,β-unsaturated/α-hetero) is 1. The molecule has 0 saturated carbocycles. The van der Waals surface area contributed by atoms with E-state index in [-0.39, 0.29) is 11.3 Å². The second kappa shape index (κ2) is 5.61. The second-order valence-corrected chi connectivity index (χ2v) is 4.16. The lowest BCUT2D eigenvalue weighted by molar-refractivity contribution is -0.385. The average molecular weight is 294 g/mol. The van der Waals surface area contributed by atoms with E-state index < -0.39 is 34.4 Å². The van der Waals surface area contributed by atoms with Gasteiger partial charge in [0.25, 0.3) is 11.2 Å². The summed E-state index contributed by atoms with van der Waals surface area (Å²) in [6.07, 6.45) is 0.917. The van der Waals surface area contributed by atoms with Crippen molar-refractivity contribution in [1.29, 1.82) is 0 Å². The van der Waals surface area contributed by atoms with Crippen LogP contribution in [0.4, 0.5) is 14.5 Å². The van der Waals surface area contributed by atoms with Crippen LogP contribution in [0.3, 0.4) is 0 Å². The first-order chi connectivity index (χ1) is 9.88. The molecule has 1 aromatic heterocycles. The minimum absolute atomic E-state index is 0.132. The molecule has 0 unspecified atom stereocenters. The fourth-order valence-electron chi connectivity index (χ4n) is 1.67. The van der Waals surface area contributed by atoms with Gasteiger partial charge in [-0.1, -0.05) is 0 Å². The third-order valence-corrected chi connectivity index (χ3v) is 2.73. The van der Waals surface area contributed by atoms with Gasteiger partial charge in [0.05, 0.1) is 17.7 Å². The summed E-state index contributed by atoms with van der Waals surface area (Å²) in [6, 6.07) is 4.54. The predicted octanol–water partition coefficient (Wildman–Crippen LogP) is 1.92. The Labute approximate surface area is 116 Å². The van der Waals surface area contributed by atoms with E-state index in [1.54, 1.807) is 0 Å². The number of ketones is 1. The summed E-state index contributed by atoms with van der Waals surface area (Å²) in [7, 11) is 0. The smallest absolute Gasteiger partial charge is 0.285 e. The zero-order valence-corrected chi connectivity index (χ0v) is 10.5. The molecule has 1 aromatic carbocycles. The second-order valence-electron chi connectivity index (χ2n) is 4.16. The van der Waals surface area contributed by atoms with Crippen LogP contribution in [0.25, 0.3) is 0 Å². The van der Waals surface area contributed by atoms with E-state index >= 15 is 0 Å². The highest BCUT2D eigenvalue weighted by Crippen LogP contribution is 2.11. The van der Waals surface area contributed by atoms with Crippen molar-refractivity contribution in [2.75, 3.05) is 0 Å². The van der Waals surface area contributed by atoms with Gasteiger partial charge in [0, 0.05) is 17.7 Å². The van der Waals surface area contributed by atoms with E-state index in [0.29, 0.717) is 6.07 Å². The number of benzene rings is 1. The Bertz CT molecular complexity index is 786. The number of hydrogen-bond acceptors (Lipinski definition) is 4. The van der Waals surface area contributed by atoms with E-state index in [0.717, 1.165) is 35.0 Å². The molecule has 0 aliphatic heterocycles. The van der Waals surface area contributed by atoms with E-state index in [2.05, 4.69) is 0 Å². The van der Waals surface area contributed by atoms with Crippen LogP contribution in [0.5, 0.6) is 0 Å². The summed E-state index contributed by atoms with van der Waals surface area (Å²) in [5.74, 6) is -2.96. The van der Waals surface area contributed by atoms with Gasteiger partial charge >= 0.3 is 0 Å². The van der Waals surface area contributed by atoms with Gasteiger partial charge in [0.2, 0.25) is 0 Å². The summed E-state index contributed by atoms with van der Waals surface area (Å²) in [4.78, 5) is 33.3. The van der Waals surface area contributed by atoms with E-state index in [9.17, 15) is 28.5 Å². The van der Waals surface area contributed by atoms with Gasteiger partial charge in [-0.15, -0.1) is 0 Å². The Morgan fingerprint density at radius 2 is 1.90 bits per heavy atom. The highest BCUT2D eigenvalue weighted by Gasteiger charge is 2.13. The molecule has 2 aromatic rings. The molecule has 2 rings (SSSR count). The van der Waals surface area contributed by atoms with Crippen LogP contribution in [0.1, 0.15) is 10.4 Å². The van der Waals surface area contributed by atoms with Gasteiger partial charge in [0.1, 0.15) is 0 Å². The van der Waals surface area contributed by atoms with Crippen LogP contribution >= 0.6 is 0 Å². The van der Waals surface area contributed by atoms with Crippen molar-refractivity contribution in [2.24, 2.45) is 0 Å². The van der Waals surface area contributed by atoms with Crippen molar-refractivity contribution >= 4 is 11.5 Å². The lowest BCUT2D eigenvalue weighted by Crippen LogP contribution is -2.23. The van der Waals surface area contributed by atoms with Crippen molar-refractivity contribution in [3.63, 3.8) is 0 Å². The monoisotopic (exact) mass is 294 g/mol. The number of aromatic nitrogens is 1. The highest BCUT2D eigenvalue weighted by atomic mass is 19.2. The Balaban J connectivity index is 2.31. The minimum Gasteiger partial charge on any atom is -0.301 e. The molecule has 0 spiro atoms. The Morgan fingerprint density at radius 1 is 1.19 bits per heavy atom. The molecular formula is C13H8F2N2O4. The Morgan fingerprint density at radius 3 is 2.52 bits per heavy atom. The molecule has 0 saturated heterocycles. The summed E-state index contributed by atoms with van der Waals surface area (Å²) in [6.45, 7) is -0.508.